The molecular formula is C15H15NO3. The smallest absolute Gasteiger partial charge is 0.240 e. The van der Waals surface area contributed by atoms with E-state index in [9.17, 15) is 9.59 Å². The van der Waals surface area contributed by atoms with Crippen LogP contribution >= 0.6 is 0 Å². The predicted octanol–water partition coefficient (Wildman–Crippen LogP) is 1.66. The largest absolute Gasteiger partial charge is 0.373 e. The van der Waals surface area contributed by atoms with Gasteiger partial charge in [0.2, 0.25) is 11.8 Å². The highest BCUT2D eigenvalue weighted by atomic mass is 16.5. The highest BCUT2D eigenvalue weighted by molar-refractivity contribution is 6.22. The third-order valence-corrected chi connectivity index (χ3v) is 4.54. The Hall–Kier alpha value is -1.68. The van der Waals surface area contributed by atoms with Gasteiger partial charge in [0.1, 0.15) is 0 Å². The Kier molecular flexibility index (Phi) is 2.16. The number of carbonyl (C=O) groups is 2. The number of hydrogen-bond donors (Lipinski definition) is 0. The molecule has 3 aliphatic heterocycles. The van der Waals surface area contributed by atoms with Gasteiger partial charge in [-0.3, -0.25) is 9.59 Å². The van der Waals surface area contributed by atoms with Crippen LogP contribution in [0.4, 0.5) is 5.69 Å². The van der Waals surface area contributed by atoms with Crippen LogP contribution in [0.3, 0.4) is 0 Å². The van der Waals surface area contributed by atoms with Crippen molar-refractivity contribution in [1.82, 2.24) is 0 Å². The Bertz CT molecular complexity index is 555. The predicted molar refractivity (Wildman–Crippen MR) is 68.5 cm³/mol. The minimum Gasteiger partial charge on any atom is -0.373 e. The molecule has 0 aliphatic carbocycles. The zero-order chi connectivity index (χ0) is 13.1. The molecule has 4 rings (SSSR count). The van der Waals surface area contributed by atoms with E-state index >= 15 is 0 Å². The van der Waals surface area contributed by atoms with Crippen molar-refractivity contribution in [1.29, 1.82) is 0 Å². The van der Waals surface area contributed by atoms with Gasteiger partial charge in [-0.15, -0.1) is 0 Å². The number of rotatable bonds is 1. The van der Waals surface area contributed by atoms with Gasteiger partial charge in [-0.2, -0.15) is 0 Å². The summed E-state index contributed by atoms with van der Waals surface area (Å²) in [5, 5.41) is 0. The van der Waals surface area contributed by atoms with Crippen molar-refractivity contribution in [2.45, 2.75) is 32.0 Å². The second-order valence-corrected chi connectivity index (χ2v) is 5.69. The van der Waals surface area contributed by atoms with E-state index in [1.165, 1.54) is 4.90 Å². The monoisotopic (exact) mass is 257 g/mol. The van der Waals surface area contributed by atoms with Gasteiger partial charge in [-0.25, -0.2) is 4.90 Å². The molecule has 0 saturated carbocycles. The number of nitrogens with zero attached hydrogens (tertiary/aromatic N) is 1. The number of imide groups is 1. The Morgan fingerprint density at radius 1 is 1.11 bits per heavy atom. The fourth-order valence-corrected chi connectivity index (χ4v) is 3.73. The third kappa shape index (κ3) is 1.38. The fourth-order valence-electron chi connectivity index (χ4n) is 3.73. The van der Waals surface area contributed by atoms with Crippen molar-refractivity contribution < 1.29 is 14.3 Å². The molecule has 0 spiro atoms. The molecule has 0 N–H and O–H groups in total. The number of aryl methyl sites for hydroxylation is 1. The lowest BCUT2D eigenvalue weighted by molar-refractivity contribution is -0.124. The summed E-state index contributed by atoms with van der Waals surface area (Å²) in [6, 6.07) is 7.55. The fraction of sp³-hybridized carbons (Fsp3) is 0.467. The van der Waals surface area contributed by atoms with Crippen molar-refractivity contribution in [2.24, 2.45) is 11.8 Å². The van der Waals surface area contributed by atoms with Crippen LogP contribution in [0.1, 0.15) is 18.4 Å². The molecule has 4 atom stereocenters. The Morgan fingerprint density at radius 2 is 1.74 bits per heavy atom. The first-order chi connectivity index (χ1) is 9.16. The lowest BCUT2D eigenvalue weighted by atomic mass is 9.81. The molecule has 3 fully saturated rings. The van der Waals surface area contributed by atoms with Crippen molar-refractivity contribution in [3.8, 4) is 0 Å². The molecule has 4 heteroatoms. The van der Waals surface area contributed by atoms with Crippen LogP contribution in [0, 0.1) is 18.8 Å². The Balaban J connectivity index is 1.75. The van der Waals surface area contributed by atoms with E-state index in [-0.39, 0.29) is 35.9 Å². The Morgan fingerprint density at radius 3 is 2.32 bits per heavy atom. The highest BCUT2D eigenvalue weighted by Gasteiger charge is 2.62. The van der Waals surface area contributed by atoms with Gasteiger partial charge in [0, 0.05) is 0 Å². The van der Waals surface area contributed by atoms with Gasteiger partial charge in [-0.05, 0) is 37.5 Å². The van der Waals surface area contributed by atoms with Gasteiger partial charge in [-0.1, -0.05) is 12.1 Å². The number of amides is 2. The lowest BCUT2D eigenvalue weighted by Crippen LogP contribution is -2.34. The molecule has 98 valence electrons. The van der Waals surface area contributed by atoms with E-state index in [4.69, 9.17) is 4.74 Å². The average Bonchev–Trinajstić information content (AvgIpc) is 3.04. The van der Waals surface area contributed by atoms with Crippen molar-refractivity contribution in [3.05, 3.63) is 29.8 Å². The summed E-state index contributed by atoms with van der Waals surface area (Å²) < 4.78 is 5.72. The van der Waals surface area contributed by atoms with Crippen LogP contribution in [0.15, 0.2) is 24.3 Å². The van der Waals surface area contributed by atoms with Crippen LogP contribution in [-0.4, -0.2) is 24.0 Å². The van der Waals surface area contributed by atoms with Crippen molar-refractivity contribution in [2.75, 3.05) is 4.90 Å². The quantitative estimate of drug-likeness (QED) is 0.719. The van der Waals surface area contributed by atoms with Crippen LogP contribution in [0.2, 0.25) is 0 Å². The summed E-state index contributed by atoms with van der Waals surface area (Å²) in [6.45, 7) is 1.96. The van der Waals surface area contributed by atoms with E-state index < -0.39 is 0 Å². The van der Waals surface area contributed by atoms with Crippen molar-refractivity contribution >= 4 is 17.5 Å². The van der Waals surface area contributed by atoms with Gasteiger partial charge in [0.05, 0.1) is 29.7 Å². The molecule has 2 amide bonds. The maximum Gasteiger partial charge on any atom is 0.240 e. The molecule has 3 heterocycles. The molecular weight excluding hydrogens is 242 g/mol. The molecule has 0 radical (unpaired) electrons. The van der Waals surface area contributed by atoms with Crippen LogP contribution in [0.25, 0.3) is 0 Å². The molecule has 0 aromatic heterocycles. The lowest BCUT2D eigenvalue weighted by Gasteiger charge is -2.17. The minimum atomic E-state index is -0.244. The zero-order valence-electron chi connectivity index (χ0n) is 10.7. The summed E-state index contributed by atoms with van der Waals surface area (Å²) >= 11 is 0. The Labute approximate surface area is 111 Å². The number of ether oxygens (including phenoxy) is 1. The summed E-state index contributed by atoms with van der Waals surface area (Å²) in [4.78, 5) is 26.4. The average molecular weight is 257 g/mol. The second kappa shape index (κ2) is 3.67. The first kappa shape index (κ1) is 11.2. The number of carbonyl (C=O) groups excluding carboxylic acids is 2. The zero-order valence-corrected chi connectivity index (χ0v) is 10.7. The minimum absolute atomic E-state index is 0.0405. The van der Waals surface area contributed by atoms with Gasteiger partial charge >= 0.3 is 0 Å². The number of anilines is 1. The summed E-state index contributed by atoms with van der Waals surface area (Å²) in [5.41, 5.74) is 1.75. The summed E-state index contributed by atoms with van der Waals surface area (Å²) in [5.74, 6) is -0.640. The van der Waals surface area contributed by atoms with Gasteiger partial charge in [0.15, 0.2) is 0 Å². The van der Waals surface area contributed by atoms with Gasteiger partial charge in [0.25, 0.3) is 0 Å². The first-order valence-electron chi connectivity index (χ1n) is 6.77. The number of fused-ring (bicyclic) bond motifs is 5. The van der Waals surface area contributed by atoms with Crippen LogP contribution < -0.4 is 4.90 Å². The molecule has 3 aliphatic rings. The van der Waals surface area contributed by atoms with Crippen LogP contribution in [-0.2, 0) is 14.3 Å². The molecule has 1 aromatic rings. The molecule has 19 heavy (non-hydrogen) atoms. The van der Waals surface area contributed by atoms with E-state index in [0.717, 1.165) is 18.4 Å². The normalized spacial score (nSPS) is 36.2. The number of hydrogen-bond acceptors (Lipinski definition) is 3. The maximum atomic E-state index is 12.5. The topological polar surface area (TPSA) is 46.6 Å². The molecule has 2 bridgehead atoms. The second-order valence-electron chi connectivity index (χ2n) is 5.69. The van der Waals surface area contributed by atoms with E-state index in [1.807, 2.05) is 31.2 Å². The highest BCUT2D eigenvalue weighted by Crippen LogP contribution is 2.49. The van der Waals surface area contributed by atoms with E-state index in [2.05, 4.69) is 0 Å². The molecule has 4 nitrogen and oxygen atoms in total. The molecule has 0 unspecified atom stereocenters. The summed E-state index contributed by atoms with van der Waals surface area (Å²) in [7, 11) is 0. The third-order valence-electron chi connectivity index (χ3n) is 4.54. The molecule has 3 saturated heterocycles. The first-order valence-corrected chi connectivity index (χ1v) is 6.77. The van der Waals surface area contributed by atoms with Crippen LogP contribution in [0.5, 0.6) is 0 Å². The van der Waals surface area contributed by atoms with E-state index in [0.29, 0.717) is 5.69 Å². The molecule has 1 aromatic carbocycles. The van der Waals surface area contributed by atoms with E-state index in [1.54, 1.807) is 0 Å². The van der Waals surface area contributed by atoms with Gasteiger partial charge < -0.3 is 4.74 Å². The van der Waals surface area contributed by atoms with Crippen molar-refractivity contribution in [3.63, 3.8) is 0 Å². The maximum absolute atomic E-state index is 12.5. The summed E-state index contributed by atoms with van der Waals surface area (Å²) in [6.07, 6.45) is 1.74. The SMILES string of the molecule is Cc1cccc(N2C(=O)[C@H]3[C@H](C2=O)[C@H]2CC[C@H]3O2)c1. The standard InChI is InChI=1S/C15H15NO3/c1-8-3-2-4-9(7-8)16-14(17)12-10-5-6-11(19-10)13(12)15(16)18/h2-4,7,10-13H,5-6H2,1H3/t10-,11-,12-,13-/m1/s1. The number of benzene rings is 1.